The summed E-state index contributed by atoms with van der Waals surface area (Å²) < 4.78 is 10.9. The van der Waals surface area contributed by atoms with E-state index in [0.717, 1.165) is 22.2 Å². The first kappa shape index (κ1) is 20.8. The molecule has 5 rings (SSSR count). The Balaban J connectivity index is 1.52. The van der Waals surface area contributed by atoms with E-state index in [0.29, 0.717) is 17.3 Å². The van der Waals surface area contributed by atoms with Crippen molar-refractivity contribution < 1.29 is 9.47 Å². The van der Waals surface area contributed by atoms with Gasteiger partial charge in [0, 0.05) is 34.6 Å². The molecular formula is C27H26N4O2. The predicted octanol–water partition coefficient (Wildman–Crippen LogP) is 6.28. The summed E-state index contributed by atoms with van der Waals surface area (Å²) in [6.07, 6.45) is 1.98. The van der Waals surface area contributed by atoms with Gasteiger partial charge in [0.05, 0.1) is 19.7 Å². The van der Waals surface area contributed by atoms with E-state index in [1.54, 1.807) is 14.2 Å². The second-order valence-electron chi connectivity index (χ2n) is 8.08. The summed E-state index contributed by atoms with van der Waals surface area (Å²) >= 11 is 0. The van der Waals surface area contributed by atoms with Crippen LogP contribution in [0.4, 0.5) is 5.82 Å². The number of aryl methyl sites for hydroxylation is 1. The van der Waals surface area contributed by atoms with E-state index >= 15 is 0 Å². The van der Waals surface area contributed by atoms with Crippen molar-refractivity contribution in [2.75, 3.05) is 19.5 Å². The number of aromatic nitrogens is 3. The molecule has 0 radical (unpaired) electrons. The van der Waals surface area contributed by atoms with Gasteiger partial charge >= 0.3 is 0 Å². The topological polar surface area (TPSA) is 72.1 Å². The quantitative estimate of drug-likeness (QED) is 0.327. The maximum Gasteiger partial charge on any atom is 0.162 e. The second kappa shape index (κ2) is 8.47. The summed E-state index contributed by atoms with van der Waals surface area (Å²) in [5.74, 6) is 2.75. The van der Waals surface area contributed by atoms with Gasteiger partial charge in [-0.15, -0.1) is 0 Å². The normalized spacial score (nSPS) is 12.1. The van der Waals surface area contributed by atoms with E-state index in [1.807, 2.05) is 25.3 Å². The molecule has 6 heteroatoms. The maximum absolute atomic E-state index is 5.50. The molecule has 0 bridgehead atoms. The molecule has 1 unspecified atom stereocenters. The van der Waals surface area contributed by atoms with Crippen molar-refractivity contribution in [3.63, 3.8) is 0 Å². The number of rotatable bonds is 6. The minimum atomic E-state index is 0.0287. The number of aromatic amines is 1. The second-order valence-corrected chi connectivity index (χ2v) is 8.08. The lowest BCUT2D eigenvalue weighted by molar-refractivity contribution is 0.356. The maximum atomic E-state index is 5.50. The van der Waals surface area contributed by atoms with Crippen LogP contribution in [-0.4, -0.2) is 29.2 Å². The molecule has 2 N–H and O–H groups in total. The minimum Gasteiger partial charge on any atom is -0.493 e. The average molecular weight is 439 g/mol. The summed E-state index contributed by atoms with van der Waals surface area (Å²) in [7, 11) is 3.25. The summed E-state index contributed by atoms with van der Waals surface area (Å²) in [4.78, 5) is 12.6. The van der Waals surface area contributed by atoms with Crippen molar-refractivity contribution >= 4 is 27.6 Å². The van der Waals surface area contributed by atoms with Crippen molar-refractivity contribution in [1.82, 2.24) is 15.0 Å². The molecule has 0 saturated carbocycles. The van der Waals surface area contributed by atoms with Crippen molar-refractivity contribution in [2.45, 2.75) is 19.9 Å². The smallest absolute Gasteiger partial charge is 0.162 e. The first-order valence-corrected chi connectivity index (χ1v) is 10.9. The Morgan fingerprint density at radius 2 is 1.67 bits per heavy atom. The molecule has 0 aliphatic heterocycles. The highest BCUT2D eigenvalue weighted by atomic mass is 16.5. The lowest BCUT2D eigenvalue weighted by atomic mass is 9.97. The van der Waals surface area contributed by atoms with Crippen LogP contribution in [0, 0.1) is 6.92 Å². The van der Waals surface area contributed by atoms with Crippen molar-refractivity contribution in [3.05, 3.63) is 78.2 Å². The number of benzene rings is 3. The Morgan fingerprint density at radius 1 is 0.879 bits per heavy atom. The highest BCUT2D eigenvalue weighted by Gasteiger charge is 2.15. The third-order valence-corrected chi connectivity index (χ3v) is 5.96. The highest BCUT2D eigenvalue weighted by molar-refractivity contribution is 5.95. The lowest BCUT2D eigenvalue weighted by Gasteiger charge is -2.18. The molecule has 1 atom stereocenters. The fraction of sp³-hybridized carbons (Fsp3) is 0.185. The molecule has 2 aromatic heterocycles. The third-order valence-electron chi connectivity index (χ3n) is 5.96. The van der Waals surface area contributed by atoms with Gasteiger partial charge in [-0.25, -0.2) is 9.97 Å². The number of fused-ring (bicyclic) bond motifs is 2. The molecule has 0 fully saturated rings. The van der Waals surface area contributed by atoms with Gasteiger partial charge in [0.1, 0.15) is 11.6 Å². The monoisotopic (exact) mass is 438 g/mol. The van der Waals surface area contributed by atoms with Crippen molar-refractivity contribution in [2.24, 2.45) is 0 Å². The molecule has 166 valence electrons. The number of hydrogen-bond acceptors (Lipinski definition) is 5. The Bertz CT molecular complexity index is 1460. The fourth-order valence-corrected chi connectivity index (χ4v) is 4.28. The first-order valence-electron chi connectivity index (χ1n) is 10.9. The van der Waals surface area contributed by atoms with E-state index in [-0.39, 0.29) is 6.04 Å². The SMILES string of the molecule is COc1cc2nc(C)nc(NC(C)c3cccc(-c4cccc5[nH]ccc45)c3)c2cc1OC. The number of anilines is 1. The molecule has 0 saturated heterocycles. The minimum absolute atomic E-state index is 0.0287. The number of ether oxygens (including phenoxy) is 2. The van der Waals surface area contributed by atoms with Crippen LogP contribution in [0.15, 0.2) is 66.9 Å². The van der Waals surface area contributed by atoms with Crippen LogP contribution >= 0.6 is 0 Å². The first-order chi connectivity index (χ1) is 16.1. The van der Waals surface area contributed by atoms with Gasteiger partial charge in [0.2, 0.25) is 0 Å². The molecule has 0 aliphatic rings. The predicted molar refractivity (Wildman–Crippen MR) is 133 cm³/mol. The van der Waals surface area contributed by atoms with Crippen LogP contribution in [0.3, 0.4) is 0 Å². The number of hydrogen-bond donors (Lipinski definition) is 2. The van der Waals surface area contributed by atoms with Crippen molar-refractivity contribution in [3.8, 4) is 22.6 Å². The largest absolute Gasteiger partial charge is 0.493 e. The zero-order valence-corrected chi connectivity index (χ0v) is 19.1. The fourth-order valence-electron chi connectivity index (χ4n) is 4.28. The van der Waals surface area contributed by atoms with Crippen molar-refractivity contribution in [1.29, 1.82) is 0 Å². The average Bonchev–Trinajstić information content (AvgIpc) is 3.32. The summed E-state index contributed by atoms with van der Waals surface area (Å²) in [6, 6.07) is 20.9. The van der Waals surface area contributed by atoms with Crippen LogP contribution in [-0.2, 0) is 0 Å². The van der Waals surface area contributed by atoms with Gasteiger partial charge in [-0.3, -0.25) is 0 Å². The van der Waals surface area contributed by atoms with Gasteiger partial charge in [-0.05, 0) is 54.8 Å². The Labute approximate surface area is 192 Å². The Hall–Kier alpha value is -4.06. The van der Waals surface area contributed by atoms with Crippen LogP contribution in [0.25, 0.3) is 32.9 Å². The van der Waals surface area contributed by atoms with Gasteiger partial charge < -0.3 is 19.8 Å². The number of H-pyrrole nitrogens is 1. The van der Waals surface area contributed by atoms with Gasteiger partial charge in [-0.2, -0.15) is 0 Å². The van der Waals surface area contributed by atoms with Crippen LogP contribution < -0.4 is 14.8 Å². The zero-order chi connectivity index (χ0) is 22.9. The Morgan fingerprint density at radius 3 is 2.48 bits per heavy atom. The number of methoxy groups -OCH3 is 2. The van der Waals surface area contributed by atoms with Gasteiger partial charge in [0.25, 0.3) is 0 Å². The van der Waals surface area contributed by atoms with Crippen LogP contribution in [0.5, 0.6) is 11.5 Å². The highest BCUT2D eigenvalue weighted by Crippen LogP contribution is 2.35. The van der Waals surface area contributed by atoms with Gasteiger partial charge in [-0.1, -0.05) is 30.3 Å². The number of nitrogens with one attached hydrogen (secondary N) is 2. The van der Waals surface area contributed by atoms with E-state index in [9.17, 15) is 0 Å². The van der Waals surface area contributed by atoms with Crippen LogP contribution in [0.1, 0.15) is 24.4 Å². The third kappa shape index (κ3) is 3.84. The molecule has 3 aromatic carbocycles. The molecular weight excluding hydrogens is 412 g/mol. The molecule has 2 heterocycles. The standard InChI is InChI=1S/C27H26N4O2/c1-16(18-7-5-8-19(13-18)20-9-6-10-23-21(20)11-12-28-23)29-27-22-14-25(32-3)26(33-4)15-24(22)30-17(2)31-27/h5-16,28H,1-4H3,(H,29,30,31). The summed E-state index contributed by atoms with van der Waals surface area (Å²) in [5, 5.41) is 5.69. The summed E-state index contributed by atoms with van der Waals surface area (Å²) in [5.41, 5.74) is 5.51. The molecule has 5 aromatic rings. The zero-order valence-electron chi connectivity index (χ0n) is 19.1. The summed E-state index contributed by atoms with van der Waals surface area (Å²) in [6.45, 7) is 4.03. The molecule has 0 spiro atoms. The molecule has 0 aliphatic carbocycles. The van der Waals surface area contributed by atoms with E-state index < -0.39 is 0 Å². The van der Waals surface area contributed by atoms with E-state index in [1.165, 1.54) is 22.1 Å². The van der Waals surface area contributed by atoms with Gasteiger partial charge in [0.15, 0.2) is 11.5 Å². The van der Waals surface area contributed by atoms with Crippen LogP contribution in [0.2, 0.25) is 0 Å². The molecule has 0 amide bonds. The molecule has 6 nitrogen and oxygen atoms in total. The van der Waals surface area contributed by atoms with E-state index in [2.05, 4.69) is 75.7 Å². The number of nitrogens with zero attached hydrogens (tertiary/aromatic N) is 2. The van der Waals surface area contributed by atoms with E-state index in [4.69, 9.17) is 9.47 Å². The Kier molecular flexibility index (Phi) is 5.34. The molecule has 33 heavy (non-hydrogen) atoms. The lowest BCUT2D eigenvalue weighted by Crippen LogP contribution is -2.10.